The number of hydrogen-bond acceptors (Lipinski definition) is 4. The molecule has 8 aromatic rings. The number of fused-ring (bicyclic) bond motifs is 10. The molecule has 56 heavy (non-hydrogen) atoms. The Kier molecular flexibility index (Phi) is 7.50. The average molecular weight is 724 g/mol. The minimum Gasteiger partial charge on any atom is -0.456 e. The highest BCUT2D eigenvalue weighted by Gasteiger charge is 2.38. The van der Waals surface area contributed by atoms with E-state index >= 15 is 0 Å². The predicted octanol–water partition coefficient (Wildman–Crippen LogP) is 12.3. The molecule has 0 bridgehead atoms. The molecule has 4 nitrogen and oxygen atoms in total. The van der Waals surface area contributed by atoms with Crippen molar-refractivity contribution in [3.8, 4) is 22.3 Å². The number of rotatable bonds is 5. The van der Waals surface area contributed by atoms with Gasteiger partial charge in [-0.15, -0.1) is 0 Å². The second kappa shape index (κ2) is 12.8. The topological polar surface area (TPSA) is 49.9 Å². The molecule has 0 fully saturated rings. The number of amidine groups is 2. The summed E-state index contributed by atoms with van der Waals surface area (Å²) in [6.07, 6.45) is 2.71. The van der Waals surface area contributed by atoms with E-state index in [1.165, 1.54) is 50.1 Å². The lowest BCUT2D eigenvalue weighted by molar-refractivity contribution is 0.628. The van der Waals surface area contributed by atoms with Crippen molar-refractivity contribution in [3.63, 3.8) is 0 Å². The van der Waals surface area contributed by atoms with Crippen LogP contribution >= 0.6 is 0 Å². The third-order valence-corrected chi connectivity index (χ3v) is 12.4. The first kappa shape index (κ1) is 32.9. The largest absolute Gasteiger partial charge is 0.456 e. The summed E-state index contributed by atoms with van der Waals surface area (Å²) in [6, 6.07) is 56.9. The molecule has 270 valence electrons. The zero-order chi connectivity index (χ0) is 37.4. The minimum absolute atomic E-state index is 0.0256. The lowest BCUT2D eigenvalue weighted by atomic mass is 9.81. The highest BCUT2D eigenvalue weighted by Crippen LogP contribution is 2.55. The summed E-state index contributed by atoms with van der Waals surface area (Å²) in [7, 11) is 0. The van der Waals surface area contributed by atoms with Gasteiger partial charge in [0.1, 0.15) is 22.8 Å². The molecule has 0 saturated carbocycles. The van der Waals surface area contributed by atoms with Crippen LogP contribution in [0.1, 0.15) is 76.9 Å². The maximum atomic E-state index is 6.28. The number of benzene rings is 7. The Balaban J connectivity index is 0.946. The van der Waals surface area contributed by atoms with E-state index in [0.717, 1.165) is 69.6 Å². The van der Waals surface area contributed by atoms with Crippen molar-refractivity contribution >= 4 is 33.6 Å². The third-order valence-electron chi connectivity index (χ3n) is 12.4. The van der Waals surface area contributed by atoms with Crippen molar-refractivity contribution in [2.45, 2.75) is 50.6 Å². The first-order valence-corrected chi connectivity index (χ1v) is 19.8. The number of furan rings is 1. The van der Waals surface area contributed by atoms with E-state index in [9.17, 15) is 0 Å². The summed E-state index contributed by atoms with van der Waals surface area (Å²) in [6.45, 7) is 4.76. The molecule has 1 N–H and O–H groups in total. The Morgan fingerprint density at radius 2 is 1.34 bits per heavy atom. The summed E-state index contributed by atoms with van der Waals surface area (Å²) in [5, 5.41) is 5.87. The van der Waals surface area contributed by atoms with Gasteiger partial charge in [-0.25, -0.2) is 9.98 Å². The summed E-state index contributed by atoms with van der Waals surface area (Å²) < 4.78 is 6.28. The van der Waals surface area contributed by atoms with Crippen molar-refractivity contribution in [1.82, 2.24) is 5.32 Å². The molecule has 2 heterocycles. The number of aliphatic imine (C=N–C) groups is 2. The van der Waals surface area contributed by atoms with Gasteiger partial charge in [-0.2, -0.15) is 0 Å². The molecule has 0 spiro atoms. The molecular formula is C52H41N3O. The van der Waals surface area contributed by atoms with Crippen LogP contribution in [0.25, 0.3) is 44.2 Å². The Morgan fingerprint density at radius 1 is 0.607 bits per heavy atom. The average Bonchev–Trinajstić information content (AvgIpc) is 3.67. The Bertz CT molecular complexity index is 2910. The molecule has 3 aliphatic rings. The van der Waals surface area contributed by atoms with Crippen molar-refractivity contribution in [2.75, 3.05) is 0 Å². The third kappa shape index (κ3) is 5.27. The van der Waals surface area contributed by atoms with Crippen molar-refractivity contribution < 1.29 is 4.42 Å². The Hall–Kier alpha value is -6.52. The van der Waals surface area contributed by atoms with E-state index in [2.05, 4.69) is 159 Å². The van der Waals surface area contributed by atoms with Crippen LogP contribution in [0.4, 0.5) is 0 Å². The van der Waals surface area contributed by atoms with Gasteiger partial charge in [0, 0.05) is 27.3 Å². The molecule has 11 rings (SSSR count). The maximum absolute atomic E-state index is 6.28. The van der Waals surface area contributed by atoms with Crippen LogP contribution in [-0.4, -0.2) is 11.7 Å². The minimum atomic E-state index is -0.374. The van der Waals surface area contributed by atoms with Crippen LogP contribution in [-0.2, 0) is 18.3 Å². The summed E-state index contributed by atoms with van der Waals surface area (Å²) in [4.78, 5) is 10.4. The summed E-state index contributed by atoms with van der Waals surface area (Å²) >= 11 is 0. The fourth-order valence-electron chi connectivity index (χ4n) is 9.65. The fourth-order valence-corrected chi connectivity index (χ4v) is 9.65. The van der Waals surface area contributed by atoms with E-state index in [1.54, 1.807) is 0 Å². The van der Waals surface area contributed by atoms with Gasteiger partial charge in [0.2, 0.25) is 0 Å². The quantitative estimate of drug-likeness (QED) is 0.192. The van der Waals surface area contributed by atoms with Gasteiger partial charge in [0.05, 0.1) is 0 Å². The number of hydrogen-bond donors (Lipinski definition) is 1. The highest BCUT2D eigenvalue weighted by atomic mass is 16.3. The van der Waals surface area contributed by atoms with Crippen molar-refractivity contribution in [2.24, 2.45) is 9.98 Å². The molecule has 4 heteroatoms. The number of para-hydroxylation sites is 1. The van der Waals surface area contributed by atoms with Gasteiger partial charge < -0.3 is 9.73 Å². The van der Waals surface area contributed by atoms with Gasteiger partial charge in [-0.1, -0.05) is 147 Å². The van der Waals surface area contributed by atoms with Gasteiger partial charge in [-0.05, 0) is 105 Å². The molecule has 7 aromatic carbocycles. The van der Waals surface area contributed by atoms with Gasteiger partial charge in [-0.3, -0.25) is 0 Å². The monoisotopic (exact) mass is 723 g/mol. The Morgan fingerprint density at radius 3 is 2.21 bits per heavy atom. The molecule has 0 radical (unpaired) electrons. The summed E-state index contributed by atoms with van der Waals surface area (Å²) in [5.74, 6) is 1.98. The lowest BCUT2D eigenvalue weighted by Gasteiger charge is -2.23. The molecule has 1 aromatic heterocycles. The van der Waals surface area contributed by atoms with Crippen LogP contribution in [0.15, 0.2) is 172 Å². The lowest BCUT2D eigenvalue weighted by Crippen LogP contribution is -2.36. The first-order chi connectivity index (χ1) is 27.5. The maximum Gasteiger partial charge on any atom is 0.169 e. The normalized spacial score (nSPS) is 17.9. The molecule has 2 aliphatic carbocycles. The molecular weight excluding hydrogens is 683 g/mol. The highest BCUT2D eigenvalue weighted by molar-refractivity contribution is 6.17. The smallest absolute Gasteiger partial charge is 0.169 e. The zero-order valence-electron chi connectivity index (χ0n) is 31.6. The first-order valence-electron chi connectivity index (χ1n) is 19.8. The van der Waals surface area contributed by atoms with E-state index in [0.29, 0.717) is 5.92 Å². The van der Waals surface area contributed by atoms with Crippen LogP contribution < -0.4 is 5.32 Å². The van der Waals surface area contributed by atoms with Gasteiger partial charge in [0.25, 0.3) is 0 Å². The van der Waals surface area contributed by atoms with Crippen LogP contribution in [0, 0.1) is 0 Å². The molecule has 1 aliphatic heterocycles. The molecule has 0 amide bonds. The Labute approximate surface area is 327 Å². The molecule has 2 atom stereocenters. The predicted molar refractivity (Wildman–Crippen MR) is 230 cm³/mol. The summed E-state index contributed by atoms with van der Waals surface area (Å²) in [5.41, 5.74) is 17.5. The second-order valence-corrected chi connectivity index (χ2v) is 16.1. The van der Waals surface area contributed by atoms with Crippen molar-refractivity contribution in [1.29, 1.82) is 0 Å². The fraction of sp³-hybridized carbons (Fsp3) is 0.154. The van der Waals surface area contributed by atoms with E-state index < -0.39 is 0 Å². The van der Waals surface area contributed by atoms with E-state index in [4.69, 9.17) is 14.4 Å². The molecule has 2 unspecified atom stereocenters. The van der Waals surface area contributed by atoms with Gasteiger partial charge >= 0.3 is 0 Å². The number of nitrogens with one attached hydrogen (secondary N) is 1. The SMILES string of the molecule is CC1(C)c2ccccc2-c2c1ccc1c2-c2ccccc2C(Cc2cccc(C3=NC(c4ccccc4)N=C(c4ccc5c(c4)oc4ccccc45)N3)c2)CC1. The zero-order valence-corrected chi connectivity index (χ0v) is 31.6. The second-order valence-electron chi connectivity index (χ2n) is 16.1. The van der Waals surface area contributed by atoms with E-state index in [1.807, 2.05) is 18.2 Å². The van der Waals surface area contributed by atoms with Crippen LogP contribution in [0.2, 0.25) is 0 Å². The van der Waals surface area contributed by atoms with Gasteiger partial charge in [0.15, 0.2) is 6.17 Å². The standard InChI is InChI=1S/C52H41N3O/c1-52(2)43-21-10-8-20-42(43)48-44(52)28-26-33-23-24-35(38-17-6-7-19-41(38)47(33)48)29-32-13-12-16-36(30-32)50-53-49(34-14-4-3-5-15-34)54-51(55-50)37-25-27-40-39-18-9-11-22-45(39)56-46(40)31-37/h3-22,25-28,30-31,35,49H,23-24,29H2,1-2H3,(H,53,54,55). The molecule has 0 saturated heterocycles. The van der Waals surface area contributed by atoms with Crippen LogP contribution in [0.3, 0.4) is 0 Å². The van der Waals surface area contributed by atoms with Crippen molar-refractivity contribution in [3.05, 3.63) is 202 Å². The number of aryl methyl sites for hydroxylation is 1. The van der Waals surface area contributed by atoms with E-state index in [-0.39, 0.29) is 11.6 Å². The van der Waals surface area contributed by atoms with Crippen LogP contribution in [0.5, 0.6) is 0 Å². The number of nitrogens with zero attached hydrogens (tertiary/aromatic N) is 2.